The van der Waals surface area contributed by atoms with E-state index in [0.29, 0.717) is 16.1 Å². The summed E-state index contributed by atoms with van der Waals surface area (Å²) in [6.07, 6.45) is -0.0157. The maximum absolute atomic E-state index is 10.3. The topological polar surface area (TPSA) is 66.5 Å². The van der Waals surface area contributed by atoms with E-state index in [9.17, 15) is 10.2 Å². The molecule has 4 heteroatoms. The number of rotatable bonds is 3. The summed E-state index contributed by atoms with van der Waals surface area (Å²) >= 11 is 5.90. The zero-order valence-corrected chi connectivity index (χ0v) is 11.4. The number of aliphatic hydroxyl groups is 1. The first-order valence-corrected chi connectivity index (χ1v) is 6.45. The summed E-state index contributed by atoms with van der Waals surface area (Å²) in [7, 11) is 0. The fourth-order valence-corrected chi connectivity index (χ4v) is 2.20. The highest BCUT2D eigenvalue weighted by atomic mass is 35.5. The lowest BCUT2D eigenvalue weighted by molar-refractivity contribution is 0.215. The van der Waals surface area contributed by atoms with Crippen LogP contribution in [0.5, 0.6) is 5.75 Å². The second-order valence-electron chi connectivity index (χ2n) is 4.43. The highest BCUT2D eigenvalue weighted by Gasteiger charge is 2.17. The minimum absolute atomic E-state index is 0.128. The van der Waals surface area contributed by atoms with Crippen LogP contribution in [0, 0.1) is 0 Å². The standard InChI is InChI=1S/C15H16ClNO2/c1-2-9-3-5-10(6-4-9)14(18)12-7-11(16)8-13(17)15(12)19/h3-8,14,18-19H,2,17H2,1H3. The Labute approximate surface area is 117 Å². The number of hydrogen-bond donors (Lipinski definition) is 3. The van der Waals surface area contributed by atoms with Gasteiger partial charge < -0.3 is 15.9 Å². The average molecular weight is 278 g/mol. The van der Waals surface area contributed by atoms with Gasteiger partial charge in [0.25, 0.3) is 0 Å². The number of hydrogen-bond acceptors (Lipinski definition) is 3. The third-order valence-electron chi connectivity index (χ3n) is 3.13. The first kappa shape index (κ1) is 13.7. The van der Waals surface area contributed by atoms with Gasteiger partial charge in [0.15, 0.2) is 0 Å². The van der Waals surface area contributed by atoms with Gasteiger partial charge in [-0.25, -0.2) is 0 Å². The molecule has 2 aromatic carbocycles. The summed E-state index contributed by atoms with van der Waals surface area (Å²) in [6.45, 7) is 2.06. The number of phenolic OH excluding ortho intramolecular Hbond substituents is 1. The fraction of sp³-hybridized carbons (Fsp3) is 0.200. The molecule has 0 bridgehead atoms. The predicted molar refractivity (Wildman–Crippen MR) is 77.4 cm³/mol. The first-order chi connectivity index (χ1) is 9.02. The van der Waals surface area contributed by atoms with Crippen LogP contribution in [0.25, 0.3) is 0 Å². The lowest BCUT2D eigenvalue weighted by atomic mass is 9.98. The molecule has 0 heterocycles. The Balaban J connectivity index is 2.40. The zero-order chi connectivity index (χ0) is 14.0. The van der Waals surface area contributed by atoms with Gasteiger partial charge in [0.1, 0.15) is 11.9 Å². The molecule has 2 aromatic rings. The molecule has 0 radical (unpaired) electrons. The predicted octanol–water partition coefficient (Wildman–Crippen LogP) is 3.27. The smallest absolute Gasteiger partial charge is 0.144 e. The van der Waals surface area contributed by atoms with Crippen LogP contribution in [0.15, 0.2) is 36.4 Å². The lowest BCUT2D eigenvalue weighted by Crippen LogP contribution is -2.02. The molecule has 4 N–H and O–H groups in total. The monoisotopic (exact) mass is 277 g/mol. The number of nitrogens with two attached hydrogens (primary N) is 1. The quantitative estimate of drug-likeness (QED) is 0.596. The van der Waals surface area contributed by atoms with Crippen molar-refractivity contribution in [1.29, 1.82) is 0 Å². The number of aryl methyl sites for hydroxylation is 1. The molecule has 0 fully saturated rings. The van der Waals surface area contributed by atoms with Crippen LogP contribution in [0.4, 0.5) is 5.69 Å². The van der Waals surface area contributed by atoms with Crippen LogP contribution in [-0.4, -0.2) is 10.2 Å². The Morgan fingerprint density at radius 2 is 1.84 bits per heavy atom. The molecule has 0 aliphatic heterocycles. The lowest BCUT2D eigenvalue weighted by Gasteiger charge is -2.15. The van der Waals surface area contributed by atoms with E-state index in [0.717, 1.165) is 6.42 Å². The third-order valence-corrected chi connectivity index (χ3v) is 3.35. The van der Waals surface area contributed by atoms with E-state index in [2.05, 4.69) is 6.92 Å². The van der Waals surface area contributed by atoms with Crippen molar-refractivity contribution >= 4 is 17.3 Å². The Kier molecular flexibility index (Phi) is 3.98. The number of nitrogen functional groups attached to an aromatic ring is 1. The van der Waals surface area contributed by atoms with Crippen LogP contribution in [0.3, 0.4) is 0 Å². The molecule has 2 rings (SSSR count). The number of aromatic hydroxyl groups is 1. The van der Waals surface area contributed by atoms with E-state index in [1.165, 1.54) is 17.7 Å². The van der Waals surface area contributed by atoms with Crippen molar-refractivity contribution in [3.63, 3.8) is 0 Å². The Hall–Kier alpha value is -1.71. The molecule has 0 aliphatic carbocycles. The van der Waals surface area contributed by atoms with E-state index in [-0.39, 0.29) is 11.4 Å². The minimum atomic E-state index is -0.952. The van der Waals surface area contributed by atoms with Gasteiger partial charge in [-0.3, -0.25) is 0 Å². The van der Waals surface area contributed by atoms with Gasteiger partial charge in [-0.05, 0) is 29.7 Å². The van der Waals surface area contributed by atoms with E-state index in [4.69, 9.17) is 17.3 Å². The normalized spacial score (nSPS) is 12.4. The molecule has 3 nitrogen and oxygen atoms in total. The number of halogens is 1. The van der Waals surface area contributed by atoms with Crippen LogP contribution in [0.2, 0.25) is 5.02 Å². The van der Waals surface area contributed by atoms with Crippen molar-refractivity contribution in [3.05, 3.63) is 58.1 Å². The van der Waals surface area contributed by atoms with Crippen LogP contribution in [0.1, 0.15) is 29.7 Å². The number of benzene rings is 2. The van der Waals surface area contributed by atoms with Gasteiger partial charge in [0.05, 0.1) is 5.69 Å². The molecule has 0 spiro atoms. The molecule has 0 amide bonds. The Morgan fingerprint density at radius 1 is 1.21 bits per heavy atom. The molecule has 100 valence electrons. The second-order valence-corrected chi connectivity index (χ2v) is 4.87. The highest BCUT2D eigenvalue weighted by Crippen LogP contribution is 2.36. The van der Waals surface area contributed by atoms with Gasteiger partial charge in [-0.1, -0.05) is 42.8 Å². The van der Waals surface area contributed by atoms with E-state index in [1.54, 1.807) is 0 Å². The summed E-state index contributed by atoms with van der Waals surface area (Å²) in [4.78, 5) is 0. The number of anilines is 1. The summed E-state index contributed by atoms with van der Waals surface area (Å²) in [5.41, 5.74) is 7.99. The largest absolute Gasteiger partial charge is 0.505 e. The molecule has 19 heavy (non-hydrogen) atoms. The van der Waals surface area contributed by atoms with Crippen molar-refractivity contribution in [1.82, 2.24) is 0 Å². The summed E-state index contributed by atoms with van der Waals surface area (Å²) in [6, 6.07) is 10.5. The maximum Gasteiger partial charge on any atom is 0.144 e. The van der Waals surface area contributed by atoms with Crippen LogP contribution < -0.4 is 5.73 Å². The Morgan fingerprint density at radius 3 is 2.42 bits per heavy atom. The van der Waals surface area contributed by atoms with Crippen LogP contribution in [-0.2, 0) is 6.42 Å². The number of phenols is 1. The summed E-state index contributed by atoms with van der Waals surface area (Å²) in [5, 5.41) is 20.6. The second kappa shape index (κ2) is 5.51. The Bertz CT molecular complexity index is 581. The molecule has 0 saturated carbocycles. The highest BCUT2D eigenvalue weighted by molar-refractivity contribution is 6.31. The SMILES string of the molecule is CCc1ccc(C(O)c2cc(Cl)cc(N)c2O)cc1. The van der Waals surface area contributed by atoms with Crippen molar-refractivity contribution in [2.75, 3.05) is 5.73 Å². The van der Waals surface area contributed by atoms with Gasteiger partial charge in [-0.15, -0.1) is 0 Å². The van der Waals surface area contributed by atoms with Gasteiger partial charge in [0, 0.05) is 10.6 Å². The van der Waals surface area contributed by atoms with Gasteiger partial charge in [0.2, 0.25) is 0 Å². The maximum atomic E-state index is 10.3. The molecular weight excluding hydrogens is 262 g/mol. The third kappa shape index (κ3) is 2.83. The number of aliphatic hydroxyl groups excluding tert-OH is 1. The van der Waals surface area contributed by atoms with E-state index in [1.807, 2.05) is 24.3 Å². The van der Waals surface area contributed by atoms with E-state index >= 15 is 0 Å². The molecule has 0 aliphatic rings. The van der Waals surface area contributed by atoms with Gasteiger partial charge in [-0.2, -0.15) is 0 Å². The molecular formula is C15H16ClNO2. The molecule has 0 saturated heterocycles. The van der Waals surface area contributed by atoms with Crippen molar-refractivity contribution in [3.8, 4) is 5.75 Å². The summed E-state index contributed by atoms with van der Waals surface area (Å²) in [5.74, 6) is -0.128. The summed E-state index contributed by atoms with van der Waals surface area (Å²) < 4.78 is 0. The molecule has 1 atom stereocenters. The minimum Gasteiger partial charge on any atom is -0.505 e. The van der Waals surface area contributed by atoms with Crippen molar-refractivity contribution in [2.24, 2.45) is 0 Å². The van der Waals surface area contributed by atoms with E-state index < -0.39 is 6.10 Å². The zero-order valence-electron chi connectivity index (χ0n) is 10.6. The van der Waals surface area contributed by atoms with Crippen molar-refractivity contribution in [2.45, 2.75) is 19.4 Å². The average Bonchev–Trinajstić information content (AvgIpc) is 2.42. The van der Waals surface area contributed by atoms with Gasteiger partial charge >= 0.3 is 0 Å². The van der Waals surface area contributed by atoms with Crippen molar-refractivity contribution < 1.29 is 10.2 Å². The first-order valence-electron chi connectivity index (χ1n) is 6.07. The fourth-order valence-electron chi connectivity index (χ4n) is 1.97. The molecule has 0 aromatic heterocycles. The van der Waals surface area contributed by atoms with Crippen LogP contribution >= 0.6 is 11.6 Å². The molecule has 1 unspecified atom stereocenters.